The third kappa shape index (κ3) is 3.71. The minimum atomic E-state index is -0.382. The van der Waals surface area contributed by atoms with Gasteiger partial charge in [0.25, 0.3) is 0 Å². The number of aryl methyl sites for hydroxylation is 2. The van der Waals surface area contributed by atoms with Gasteiger partial charge in [0.1, 0.15) is 5.75 Å². The Morgan fingerprint density at radius 3 is 2.66 bits per heavy atom. The van der Waals surface area contributed by atoms with E-state index < -0.39 is 0 Å². The molecule has 0 bridgehead atoms. The maximum atomic E-state index is 11.4. The quantitative estimate of drug-likeness (QED) is 0.499. The number of hydrogen-bond acceptors (Lipinski definition) is 6. The molecule has 0 amide bonds. The second-order valence-corrected chi connectivity index (χ2v) is 6.65. The average Bonchev–Trinajstić information content (AvgIpc) is 3.01. The van der Waals surface area contributed by atoms with E-state index in [1.54, 1.807) is 11.6 Å². The van der Waals surface area contributed by atoms with E-state index >= 15 is 0 Å². The second-order valence-electron chi connectivity index (χ2n) is 6.65. The van der Waals surface area contributed by atoms with E-state index in [-0.39, 0.29) is 12.6 Å². The molecule has 0 fully saturated rings. The van der Waals surface area contributed by atoms with E-state index in [9.17, 15) is 4.79 Å². The zero-order valence-electron chi connectivity index (χ0n) is 16.6. The molecule has 0 aliphatic carbocycles. The van der Waals surface area contributed by atoms with Gasteiger partial charge in [-0.1, -0.05) is 18.2 Å². The number of nitrogens with one attached hydrogen (secondary N) is 1. The normalized spacial score (nSPS) is 11.0. The van der Waals surface area contributed by atoms with Crippen molar-refractivity contribution >= 4 is 39.3 Å². The molecule has 0 saturated heterocycles. The highest BCUT2D eigenvalue weighted by molar-refractivity contribution is 6.08. The number of nitrogens with zero attached hydrogens (tertiary/aromatic N) is 3. The molecule has 0 radical (unpaired) electrons. The van der Waals surface area contributed by atoms with Crippen LogP contribution in [0.5, 0.6) is 5.75 Å². The lowest BCUT2D eigenvalue weighted by Gasteiger charge is -2.13. The number of benzene rings is 2. The Bertz CT molecular complexity index is 1180. The fourth-order valence-corrected chi connectivity index (χ4v) is 3.35. The van der Waals surface area contributed by atoms with Crippen molar-refractivity contribution in [2.45, 2.75) is 13.8 Å². The summed E-state index contributed by atoms with van der Waals surface area (Å²) in [6, 6.07) is 15.5. The number of anilines is 2. The summed E-state index contributed by atoms with van der Waals surface area (Å²) in [6.07, 6.45) is 0. The van der Waals surface area contributed by atoms with E-state index in [1.165, 1.54) is 0 Å². The molecule has 2 aromatic heterocycles. The minimum absolute atomic E-state index is 0.106. The third-order valence-corrected chi connectivity index (χ3v) is 4.63. The van der Waals surface area contributed by atoms with E-state index in [0.29, 0.717) is 12.4 Å². The van der Waals surface area contributed by atoms with Crippen molar-refractivity contribution in [1.29, 1.82) is 0 Å². The fourth-order valence-electron chi connectivity index (χ4n) is 3.35. The molecular weight excluding hydrogens is 368 g/mol. The highest BCUT2D eigenvalue weighted by Crippen LogP contribution is 2.34. The van der Waals surface area contributed by atoms with Gasteiger partial charge < -0.3 is 14.8 Å². The molecule has 0 aliphatic heterocycles. The first-order valence-corrected chi connectivity index (χ1v) is 9.44. The van der Waals surface area contributed by atoms with Gasteiger partial charge in [0.15, 0.2) is 12.3 Å². The smallest absolute Gasteiger partial charge is 0.344 e. The van der Waals surface area contributed by atoms with Crippen molar-refractivity contribution in [3.05, 3.63) is 54.2 Å². The van der Waals surface area contributed by atoms with Crippen LogP contribution in [0.25, 0.3) is 21.9 Å². The molecule has 29 heavy (non-hydrogen) atoms. The van der Waals surface area contributed by atoms with Crippen molar-refractivity contribution in [2.24, 2.45) is 7.05 Å². The number of fused-ring (bicyclic) bond motifs is 2. The number of aromatic nitrogens is 3. The largest absolute Gasteiger partial charge is 0.482 e. The van der Waals surface area contributed by atoms with Gasteiger partial charge in [0, 0.05) is 18.1 Å². The monoisotopic (exact) mass is 390 g/mol. The molecule has 0 spiro atoms. The molecule has 4 rings (SSSR count). The summed E-state index contributed by atoms with van der Waals surface area (Å²) in [5.41, 5.74) is 4.52. The highest BCUT2D eigenvalue weighted by atomic mass is 16.6. The van der Waals surface area contributed by atoms with Crippen LogP contribution < -0.4 is 10.1 Å². The molecule has 0 atom stereocenters. The van der Waals surface area contributed by atoms with Crippen molar-refractivity contribution in [1.82, 2.24) is 14.8 Å². The number of rotatable bonds is 6. The van der Waals surface area contributed by atoms with Crippen molar-refractivity contribution in [3.63, 3.8) is 0 Å². The van der Waals surface area contributed by atoms with Crippen LogP contribution in [0, 0.1) is 6.92 Å². The average molecular weight is 390 g/mol. The molecule has 2 heterocycles. The van der Waals surface area contributed by atoms with Crippen LogP contribution in [0.1, 0.15) is 12.6 Å². The molecule has 0 aliphatic rings. The standard InChI is InChI=1S/C22H22N4O3/c1-4-28-19(27)13-29-16-11-9-15(10-12-16)23-21-17-7-5-6-8-18(17)24-22-20(21)14(2)25-26(22)3/h5-12H,4,13H2,1-3H3,(H,23,24). The predicted molar refractivity (Wildman–Crippen MR) is 113 cm³/mol. The van der Waals surface area contributed by atoms with Crippen molar-refractivity contribution in [2.75, 3.05) is 18.5 Å². The van der Waals surface area contributed by atoms with Crippen LogP contribution in [0.15, 0.2) is 48.5 Å². The molecule has 0 unspecified atom stereocenters. The molecule has 2 aromatic carbocycles. The number of para-hydroxylation sites is 1. The Hall–Kier alpha value is -3.61. The summed E-state index contributed by atoms with van der Waals surface area (Å²) in [5, 5.41) is 10.1. The maximum absolute atomic E-state index is 11.4. The number of carbonyl (C=O) groups excluding carboxylic acids is 1. The number of hydrogen-bond donors (Lipinski definition) is 1. The first kappa shape index (κ1) is 18.7. The summed E-state index contributed by atoms with van der Waals surface area (Å²) in [7, 11) is 1.90. The third-order valence-electron chi connectivity index (χ3n) is 4.63. The Morgan fingerprint density at radius 1 is 1.14 bits per heavy atom. The fraction of sp³-hybridized carbons (Fsp3) is 0.227. The number of ether oxygens (including phenoxy) is 2. The van der Waals surface area contributed by atoms with E-state index in [2.05, 4.69) is 10.4 Å². The van der Waals surface area contributed by atoms with Crippen LogP contribution in [0.2, 0.25) is 0 Å². The first-order valence-electron chi connectivity index (χ1n) is 9.44. The number of carbonyl (C=O) groups is 1. The van der Waals surface area contributed by atoms with Gasteiger partial charge in [-0.2, -0.15) is 5.10 Å². The van der Waals surface area contributed by atoms with E-state index in [0.717, 1.165) is 39.0 Å². The SMILES string of the molecule is CCOC(=O)COc1ccc(Nc2c3ccccc3nc3c2c(C)nn3C)cc1. The number of esters is 1. The maximum Gasteiger partial charge on any atom is 0.344 e. The van der Waals surface area contributed by atoms with Gasteiger partial charge in [-0.05, 0) is 44.2 Å². The Balaban J connectivity index is 1.66. The summed E-state index contributed by atoms with van der Waals surface area (Å²) in [5.74, 6) is 0.221. The Morgan fingerprint density at radius 2 is 1.90 bits per heavy atom. The Kier molecular flexibility index (Phi) is 5.03. The van der Waals surface area contributed by atoms with Crippen LogP contribution in [0.3, 0.4) is 0 Å². The summed E-state index contributed by atoms with van der Waals surface area (Å²) >= 11 is 0. The van der Waals surface area contributed by atoms with Crippen LogP contribution in [-0.2, 0) is 16.6 Å². The van der Waals surface area contributed by atoms with Crippen molar-refractivity contribution in [3.8, 4) is 5.75 Å². The van der Waals surface area contributed by atoms with Gasteiger partial charge >= 0.3 is 5.97 Å². The lowest BCUT2D eigenvalue weighted by Crippen LogP contribution is -2.14. The van der Waals surface area contributed by atoms with Gasteiger partial charge in [0.2, 0.25) is 0 Å². The van der Waals surface area contributed by atoms with Gasteiger partial charge in [0.05, 0.1) is 28.9 Å². The van der Waals surface area contributed by atoms with Gasteiger partial charge in [-0.3, -0.25) is 4.68 Å². The van der Waals surface area contributed by atoms with E-state index in [4.69, 9.17) is 14.5 Å². The van der Waals surface area contributed by atoms with Gasteiger partial charge in [-0.25, -0.2) is 9.78 Å². The summed E-state index contributed by atoms with van der Waals surface area (Å²) < 4.78 is 12.1. The minimum Gasteiger partial charge on any atom is -0.482 e. The second kappa shape index (κ2) is 7.79. The van der Waals surface area contributed by atoms with E-state index in [1.807, 2.05) is 62.5 Å². The highest BCUT2D eigenvalue weighted by Gasteiger charge is 2.15. The molecule has 7 heteroatoms. The summed E-state index contributed by atoms with van der Waals surface area (Å²) in [6.45, 7) is 3.98. The lowest BCUT2D eigenvalue weighted by molar-refractivity contribution is -0.145. The molecule has 4 aromatic rings. The Labute approximate surface area is 168 Å². The molecule has 0 saturated carbocycles. The van der Waals surface area contributed by atoms with Crippen LogP contribution in [0.4, 0.5) is 11.4 Å². The van der Waals surface area contributed by atoms with Crippen LogP contribution >= 0.6 is 0 Å². The lowest BCUT2D eigenvalue weighted by atomic mass is 10.1. The summed E-state index contributed by atoms with van der Waals surface area (Å²) in [4.78, 5) is 16.2. The molecular formula is C22H22N4O3. The zero-order valence-corrected chi connectivity index (χ0v) is 16.6. The molecule has 148 valence electrons. The molecule has 1 N–H and O–H groups in total. The van der Waals surface area contributed by atoms with Crippen molar-refractivity contribution < 1.29 is 14.3 Å². The topological polar surface area (TPSA) is 78.3 Å². The first-order chi connectivity index (χ1) is 14.1. The predicted octanol–water partition coefficient (Wildman–Crippen LogP) is 4.12. The van der Waals surface area contributed by atoms with Gasteiger partial charge in [-0.15, -0.1) is 0 Å². The number of pyridine rings is 1. The zero-order chi connectivity index (χ0) is 20.4. The molecule has 7 nitrogen and oxygen atoms in total. The van der Waals surface area contributed by atoms with Crippen LogP contribution in [-0.4, -0.2) is 33.9 Å².